The minimum atomic E-state index is -0.490. The molecule has 1 aliphatic heterocycles. The first-order valence-corrected chi connectivity index (χ1v) is 12.4. The predicted octanol–water partition coefficient (Wildman–Crippen LogP) is 5.25. The van der Waals surface area contributed by atoms with E-state index in [4.69, 9.17) is 0 Å². The number of piperazine rings is 1. The Bertz CT molecular complexity index is 449. The molecule has 0 bridgehead atoms. The van der Waals surface area contributed by atoms with Crippen LogP contribution >= 0.6 is 0 Å². The van der Waals surface area contributed by atoms with Crippen molar-refractivity contribution in [3.8, 4) is 0 Å². The van der Waals surface area contributed by atoms with Crippen molar-refractivity contribution in [1.82, 2.24) is 15.1 Å². The smallest absolute Gasteiger partial charge is 0.110 e. The molecule has 174 valence electrons. The Balaban J connectivity index is 2.70. The van der Waals surface area contributed by atoms with E-state index >= 15 is 0 Å². The average Bonchev–Trinajstić information content (AvgIpc) is 2.61. The van der Waals surface area contributed by atoms with Gasteiger partial charge in [0.05, 0.1) is 0 Å². The van der Waals surface area contributed by atoms with Crippen molar-refractivity contribution in [2.75, 3.05) is 26.2 Å². The zero-order valence-corrected chi connectivity index (χ0v) is 21.3. The molecule has 2 N–H and O–H groups in total. The molecule has 4 heteroatoms. The highest BCUT2D eigenvalue weighted by atomic mass is 16.3. The normalized spacial score (nSPS) is 20.1. The van der Waals surface area contributed by atoms with Crippen LogP contribution in [-0.4, -0.2) is 64.4 Å². The van der Waals surface area contributed by atoms with E-state index in [2.05, 4.69) is 77.4 Å². The van der Waals surface area contributed by atoms with Crippen LogP contribution in [0.3, 0.4) is 0 Å². The summed E-state index contributed by atoms with van der Waals surface area (Å²) in [6, 6.07) is 0.697. The maximum atomic E-state index is 11.2. The summed E-state index contributed by atoms with van der Waals surface area (Å²) in [6.45, 7) is 25.2. The first-order chi connectivity index (χ1) is 13.4. The van der Waals surface area contributed by atoms with Gasteiger partial charge in [0.25, 0.3) is 0 Å². The zero-order valence-electron chi connectivity index (χ0n) is 21.3. The molecule has 2 unspecified atom stereocenters. The number of hydrogen-bond donors (Lipinski definition) is 2. The molecular weight excluding hydrogens is 358 g/mol. The standard InChI is InChI=1S/C25H53N3O/c1-10-13-21(4)27-16-18-28(19-17-27)24(7,8)20-23(5,6)22(29)26-25(9,14-11-2)15-12-3/h21-22,26,29H,10-20H2,1-9H3. The lowest BCUT2D eigenvalue weighted by molar-refractivity contribution is -0.0502. The van der Waals surface area contributed by atoms with Gasteiger partial charge in [-0.3, -0.25) is 15.1 Å². The molecule has 0 aromatic rings. The number of aliphatic hydroxyl groups is 1. The molecular formula is C25H53N3O. The molecule has 0 amide bonds. The van der Waals surface area contributed by atoms with Gasteiger partial charge in [0.15, 0.2) is 0 Å². The quantitative estimate of drug-likeness (QED) is 0.406. The molecule has 0 spiro atoms. The Hall–Kier alpha value is -0.160. The van der Waals surface area contributed by atoms with E-state index in [-0.39, 0.29) is 16.5 Å². The lowest BCUT2D eigenvalue weighted by atomic mass is 9.76. The van der Waals surface area contributed by atoms with Crippen LogP contribution in [0.4, 0.5) is 0 Å². The number of nitrogens with zero attached hydrogens (tertiary/aromatic N) is 2. The molecule has 4 nitrogen and oxygen atoms in total. The molecule has 2 atom stereocenters. The van der Waals surface area contributed by atoms with Crippen molar-refractivity contribution in [1.29, 1.82) is 0 Å². The summed E-state index contributed by atoms with van der Waals surface area (Å²) in [7, 11) is 0. The van der Waals surface area contributed by atoms with E-state index < -0.39 is 6.23 Å². The number of hydrogen-bond acceptors (Lipinski definition) is 4. The van der Waals surface area contributed by atoms with Crippen LogP contribution in [0.15, 0.2) is 0 Å². The zero-order chi connectivity index (χ0) is 22.3. The second-order valence-electron chi connectivity index (χ2n) is 11.2. The summed E-state index contributed by atoms with van der Waals surface area (Å²) in [4.78, 5) is 5.30. The van der Waals surface area contributed by atoms with Gasteiger partial charge in [-0.25, -0.2) is 0 Å². The van der Waals surface area contributed by atoms with Gasteiger partial charge in [0, 0.05) is 48.7 Å². The van der Waals surface area contributed by atoms with Crippen molar-refractivity contribution in [3.63, 3.8) is 0 Å². The van der Waals surface area contributed by atoms with Crippen molar-refractivity contribution in [3.05, 3.63) is 0 Å². The van der Waals surface area contributed by atoms with E-state index in [1.807, 2.05) is 0 Å². The fraction of sp³-hybridized carbons (Fsp3) is 1.00. The lowest BCUT2D eigenvalue weighted by Crippen LogP contribution is -2.59. The van der Waals surface area contributed by atoms with Crippen LogP contribution in [0.25, 0.3) is 0 Å². The average molecular weight is 412 g/mol. The molecule has 1 saturated heterocycles. The highest BCUT2D eigenvalue weighted by Gasteiger charge is 2.40. The van der Waals surface area contributed by atoms with E-state index in [1.165, 1.54) is 12.8 Å². The number of nitrogens with one attached hydrogen (secondary N) is 1. The molecule has 0 aromatic carbocycles. The highest BCUT2D eigenvalue weighted by Crippen LogP contribution is 2.36. The lowest BCUT2D eigenvalue weighted by Gasteiger charge is -2.49. The summed E-state index contributed by atoms with van der Waals surface area (Å²) in [5, 5.41) is 14.8. The van der Waals surface area contributed by atoms with Gasteiger partial charge in [0.1, 0.15) is 6.23 Å². The highest BCUT2D eigenvalue weighted by molar-refractivity contribution is 4.95. The molecule has 0 radical (unpaired) electrons. The van der Waals surface area contributed by atoms with Gasteiger partial charge >= 0.3 is 0 Å². The van der Waals surface area contributed by atoms with Gasteiger partial charge in [-0.2, -0.15) is 0 Å². The van der Waals surface area contributed by atoms with Crippen LogP contribution in [-0.2, 0) is 0 Å². The Kier molecular flexibility index (Phi) is 10.6. The van der Waals surface area contributed by atoms with Crippen LogP contribution in [0.5, 0.6) is 0 Å². The number of aliphatic hydroxyl groups excluding tert-OH is 1. The topological polar surface area (TPSA) is 38.7 Å². The van der Waals surface area contributed by atoms with Gasteiger partial charge in [-0.15, -0.1) is 0 Å². The first-order valence-electron chi connectivity index (χ1n) is 12.4. The third kappa shape index (κ3) is 8.12. The Morgan fingerprint density at radius 3 is 1.83 bits per heavy atom. The second-order valence-corrected chi connectivity index (χ2v) is 11.2. The van der Waals surface area contributed by atoms with E-state index in [0.29, 0.717) is 6.04 Å². The summed E-state index contributed by atoms with van der Waals surface area (Å²) >= 11 is 0. The summed E-state index contributed by atoms with van der Waals surface area (Å²) in [5.41, 5.74) is -0.0809. The third-order valence-electron chi connectivity index (χ3n) is 7.22. The maximum absolute atomic E-state index is 11.2. The maximum Gasteiger partial charge on any atom is 0.110 e. The van der Waals surface area contributed by atoms with Crippen LogP contribution in [0.2, 0.25) is 0 Å². The van der Waals surface area contributed by atoms with E-state index in [0.717, 1.165) is 58.3 Å². The van der Waals surface area contributed by atoms with Crippen LogP contribution < -0.4 is 5.32 Å². The molecule has 1 rings (SSSR count). The predicted molar refractivity (Wildman–Crippen MR) is 127 cm³/mol. The van der Waals surface area contributed by atoms with Crippen molar-refractivity contribution >= 4 is 0 Å². The first kappa shape index (κ1) is 26.9. The van der Waals surface area contributed by atoms with Gasteiger partial charge < -0.3 is 5.11 Å². The Labute approximate surface area is 182 Å². The van der Waals surface area contributed by atoms with Crippen LogP contribution in [0.1, 0.15) is 107 Å². The summed E-state index contributed by atoms with van der Waals surface area (Å²) < 4.78 is 0. The minimum Gasteiger partial charge on any atom is -0.378 e. The molecule has 1 fully saturated rings. The third-order valence-corrected chi connectivity index (χ3v) is 7.22. The number of rotatable bonds is 13. The van der Waals surface area contributed by atoms with E-state index in [9.17, 15) is 5.11 Å². The molecule has 1 aliphatic rings. The minimum absolute atomic E-state index is 0.0192. The molecule has 0 aliphatic carbocycles. The molecule has 0 aromatic heterocycles. The summed E-state index contributed by atoms with van der Waals surface area (Å²) in [5.74, 6) is 0. The molecule has 1 heterocycles. The van der Waals surface area contributed by atoms with Gasteiger partial charge in [0.2, 0.25) is 0 Å². The van der Waals surface area contributed by atoms with Gasteiger partial charge in [-0.05, 0) is 53.4 Å². The fourth-order valence-electron chi connectivity index (χ4n) is 5.59. The van der Waals surface area contributed by atoms with Gasteiger partial charge in [-0.1, -0.05) is 53.9 Å². The van der Waals surface area contributed by atoms with Crippen molar-refractivity contribution < 1.29 is 5.11 Å². The fourth-order valence-corrected chi connectivity index (χ4v) is 5.59. The second kappa shape index (κ2) is 11.5. The molecule has 0 saturated carbocycles. The van der Waals surface area contributed by atoms with Crippen molar-refractivity contribution in [2.45, 2.75) is 131 Å². The largest absolute Gasteiger partial charge is 0.378 e. The SMILES string of the molecule is CCCC(C)N1CCN(C(C)(C)CC(C)(C)C(O)NC(C)(CCC)CCC)CC1. The van der Waals surface area contributed by atoms with E-state index in [1.54, 1.807) is 0 Å². The molecule has 29 heavy (non-hydrogen) atoms. The monoisotopic (exact) mass is 411 g/mol. The van der Waals surface area contributed by atoms with Crippen LogP contribution in [0, 0.1) is 5.41 Å². The summed E-state index contributed by atoms with van der Waals surface area (Å²) in [6.07, 6.45) is 7.54. The Morgan fingerprint density at radius 1 is 0.862 bits per heavy atom. The Morgan fingerprint density at radius 2 is 1.38 bits per heavy atom. The van der Waals surface area contributed by atoms with Crippen molar-refractivity contribution in [2.24, 2.45) is 5.41 Å².